The summed E-state index contributed by atoms with van der Waals surface area (Å²) in [5.74, 6) is 0. The zero-order valence-electron chi connectivity index (χ0n) is 8.08. The second-order valence-electron chi connectivity index (χ2n) is 3.65. The average molecular weight is 172 g/mol. The van der Waals surface area contributed by atoms with E-state index in [1.807, 2.05) is 0 Å². The summed E-state index contributed by atoms with van der Waals surface area (Å²) in [7, 11) is 2.07. The highest BCUT2D eigenvalue weighted by atomic mass is 16.3. The smallest absolute Gasteiger partial charge is 0.0558 e. The minimum absolute atomic E-state index is 0.258. The van der Waals surface area contributed by atoms with E-state index in [1.165, 1.54) is 12.8 Å². The van der Waals surface area contributed by atoms with Gasteiger partial charge < -0.3 is 10.4 Å². The number of hydrogen-bond acceptors (Lipinski definition) is 3. The molecule has 3 heteroatoms. The van der Waals surface area contributed by atoms with E-state index in [-0.39, 0.29) is 6.61 Å². The van der Waals surface area contributed by atoms with Crippen LogP contribution in [0.4, 0.5) is 0 Å². The van der Waals surface area contributed by atoms with Crippen molar-refractivity contribution in [3.8, 4) is 0 Å². The molecule has 2 unspecified atom stereocenters. The molecular formula is C9H20N2O. The van der Waals surface area contributed by atoms with Crippen LogP contribution in [-0.4, -0.2) is 48.8 Å². The SMILES string of the molecule is CC(C1CCCN1)N(C)CCO. The van der Waals surface area contributed by atoms with Gasteiger partial charge in [-0.3, -0.25) is 4.90 Å². The fourth-order valence-electron chi connectivity index (χ4n) is 1.79. The summed E-state index contributed by atoms with van der Waals surface area (Å²) in [6, 6.07) is 1.17. The van der Waals surface area contributed by atoms with Gasteiger partial charge in [-0.15, -0.1) is 0 Å². The third kappa shape index (κ3) is 2.44. The van der Waals surface area contributed by atoms with Crippen LogP contribution >= 0.6 is 0 Å². The van der Waals surface area contributed by atoms with Crippen LogP contribution in [0.2, 0.25) is 0 Å². The van der Waals surface area contributed by atoms with Crippen LogP contribution in [0, 0.1) is 0 Å². The highest BCUT2D eigenvalue weighted by Crippen LogP contribution is 2.12. The number of likely N-dealkylation sites (N-methyl/N-ethyl adjacent to an activating group) is 1. The Morgan fingerprint density at radius 2 is 2.42 bits per heavy atom. The van der Waals surface area contributed by atoms with E-state index < -0.39 is 0 Å². The number of hydrogen-bond donors (Lipinski definition) is 2. The first-order valence-electron chi connectivity index (χ1n) is 4.80. The van der Waals surface area contributed by atoms with Gasteiger partial charge in [0.2, 0.25) is 0 Å². The second kappa shape index (κ2) is 4.80. The van der Waals surface area contributed by atoms with Crippen LogP contribution < -0.4 is 5.32 Å². The van der Waals surface area contributed by atoms with Crippen LogP contribution in [0.15, 0.2) is 0 Å². The fraction of sp³-hybridized carbons (Fsp3) is 1.00. The summed E-state index contributed by atoms with van der Waals surface area (Å²) in [4.78, 5) is 2.21. The van der Waals surface area contributed by atoms with Crippen LogP contribution in [0.25, 0.3) is 0 Å². The molecule has 1 heterocycles. The standard InChI is InChI=1S/C9H20N2O/c1-8(11(2)6-7-12)9-4-3-5-10-9/h8-10,12H,3-7H2,1-2H3. The molecule has 0 bridgehead atoms. The van der Waals surface area contributed by atoms with Crippen molar-refractivity contribution in [2.45, 2.75) is 31.8 Å². The van der Waals surface area contributed by atoms with Gasteiger partial charge in [0.05, 0.1) is 6.61 Å². The summed E-state index contributed by atoms with van der Waals surface area (Å²) < 4.78 is 0. The maximum atomic E-state index is 8.77. The zero-order valence-corrected chi connectivity index (χ0v) is 8.08. The van der Waals surface area contributed by atoms with Gasteiger partial charge >= 0.3 is 0 Å². The molecule has 1 fully saturated rings. The third-order valence-electron chi connectivity index (χ3n) is 2.83. The highest BCUT2D eigenvalue weighted by Gasteiger charge is 2.23. The number of nitrogens with one attached hydrogen (secondary N) is 1. The number of aliphatic hydroxyl groups is 1. The topological polar surface area (TPSA) is 35.5 Å². The van der Waals surface area contributed by atoms with Gasteiger partial charge in [0.15, 0.2) is 0 Å². The van der Waals surface area contributed by atoms with Crippen LogP contribution in [0.5, 0.6) is 0 Å². The largest absolute Gasteiger partial charge is 0.395 e. The van der Waals surface area contributed by atoms with E-state index in [4.69, 9.17) is 5.11 Å². The molecule has 0 aliphatic carbocycles. The molecule has 3 nitrogen and oxygen atoms in total. The molecular weight excluding hydrogens is 152 g/mol. The minimum Gasteiger partial charge on any atom is -0.395 e. The summed E-state index contributed by atoms with van der Waals surface area (Å²) in [5.41, 5.74) is 0. The molecule has 2 N–H and O–H groups in total. The van der Waals surface area contributed by atoms with Gasteiger partial charge in [-0.05, 0) is 33.4 Å². The van der Waals surface area contributed by atoms with Crippen LogP contribution in [-0.2, 0) is 0 Å². The van der Waals surface area contributed by atoms with E-state index in [0.29, 0.717) is 12.1 Å². The van der Waals surface area contributed by atoms with Gasteiger partial charge in [0.25, 0.3) is 0 Å². The van der Waals surface area contributed by atoms with Crippen molar-refractivity contribution >= 4 is 0 Å². The molecule has 0 aromatic carbocycles. The Morgan fingerprint density at radius 1 is 1.67 bits per heavy atom. The first kappa shape index (κ1) is 9.96. The lowest BCUT2D eigenvalue weighted by Gasteiger charge is -2.29. The fourth-order valence-corrected chi connectivity index (χ4v) is 1.79. The minimum atomic E-state index is 0.258. The Kier molecular flexibility index (Phi) is 3.98. The highest BCUT2D eigenvalue weighted by molar-refractivity contribution is 4.84. The number of aliphatic hydroxyl groups excluding tert-OH is 1. The average Bonchev–Trinajstić information content (AvgIpc) is 2.55. The molecule has 1 rings (SSSR count). The maximum absolute atomic E-state index is 8.77. The van der Waals surface area contributed by atoms with Gasteiger partial charge in [0.1, 0.15) is 0 Å². The monoisotopic (exact) mass is 172 g/mol. The summed E-state index contributed by atoms with van der Waals surface area (Å²) in [6.45, 7) is 4.41. The Labute approximate surface area is 74.8 Å². The van der Waals surface area contributed by atoms with E-state index in [0.717, 1.165) is 13.1 Å². The van der Waals surface area contributed by atoms with Crippen LogP contribution in [0.1, 0.15) is 19.8 Å². The second-order valence-corrected chi connectivity index (χ2v) is 3.65. The lowest BCUT2D eigenvalue weighted by molar-refractivity contribution is 0.167. The summed E-state index contributed by atoms with van der Waals surface area (Å²) >= 11 is 0. The molecule has 1 saturated heterocycles. The maximum Gasteiger partial charge on any atom is 0.0558 e. The number of nitrogens with zero attached hydrogens (tertiary/aromatic N) is 1. The van der Waals surface area contributed by atoms with Crippen LogP contribution in [0.3, 0.4) is 0 Å². The lowest BCUT2D eigenvalue weighted by Crippen LogP contribution is -2.44. The van der Waals surface area contributed by atoms with Crippen molar-refractivity contribution in [1.82, 2.24) is 10.2 Å². The summed E-state index contributed by atoms with van der Waals surface area (Å²) in [6.07, 6.45) is 2.57. The van der Waals surface area contributed by atoms with E-state index in [1.54, 1.807) is 0 Å². The molecule has 0 saturated carbocycles. The molecule has 0 amide bonds. The normalized spacial score (nSPS) is 26.5. The third-order valence-corrected chi connectivity index (χ3v) is 2.83. The van der Waals surface area contributed by atoms with Crippen molar-refractivity contribution in [1.29, 1.82) is 0 Å². The predicted octanol–water partition coefficient (Wildman–Crippen LogP) is 0.0510. The van der Waals surface area contributed by atoms with Crippen molar-refractivity contribution < 1.29 is 5.11 Å². The lowest BCUT2D eigenvalue weighted by atomic mass is 10.1. The molecule has 2 atom stereocenters. The van der Waals surface area contributed by atoms with E-state index in [9.17, 15) is 0 Å². The Balaban J connectivity index is 2.29. The van der Waals surface area contributed by atoms with E-state index >= 15 is 0 Å². The van der Waals surface area contributed by atoms with Crippen molar-refractivity contribution in [3.63, 3.8) is 0 Å². The summed E-state index contributed by atoms with van der Waals surface area (Å²) in [5, 5.41) is 12.2. The molecule has 1 aliphatic rings. The van der Waals surface area contributed by atoms with Crippen molar-refractivity contribution in [2.75, 3.05) is 26.7 Å². The van der Waals surface area contributed by atoms with Gasteiger partial charge in [-0.1, -0.05) is 0 Å². The first-order chi connectivity index (χ1) is 5.75. The predicted molar refractivity (Wildman–Crippen MR) is 50.2 cm³/mol. The molecule has 1 aliphatic heterocycles. The molecule has 0 aromatic rings. The first-order valence-corrected chi connectivity index (χ1v) is 4.80. The van der Waals surface area contributed by atoms with Gasteiger partial charge in [-0.25, -0.2) is 0 Å². The van der Waals surface area contributed by atoms with E-state index in [2.05, 4.69) is 24.2 Å². The van der Waals surface area contributed by atoms with Crippen molar-refractivity contribution in [2.24, 2.45) is 0 Å². The Hall–Kier alpha value is -0.120. The quantitative estimate of drug-likeness (QED) is 0.629. The Morgan fingerprint density at radius 3 is 2.92 bits per heavy atom. The molecule has 0 radical (unpaired) electrons. The molecule has 12 heavy (non-hydrogen) atoms. The number of rotatable bonds is 4. The molecule has 0 aromatic heterocycles. The zero-order chi connectivity index (χ0) is 8.97. The molecule has 0 spiro atoms. The van der Waals surface area contributed by atoms with Gasteiger partial charge in [-0.2, -0.15) is 0 Å². The molecule has 72 valence electrons. The Bertz CT molecular complexity index is 124. The van der Waals surface area contributed by atoms with Gasteiger partial charge in [0, 0.05) is 18.6 Å². The van der Waals surface area contributed by atoms with Crippen molar-refractivity contribution in [3.05, 3.63) is 0 Å².